The molecule has 6 heteroatoms. The van der Waals surface area contributed by atoms with Crippen molar-refractivity contribution in [3.8, 4) is 0 Å². The first kappa shape index (κ1) is 19.6. The largest absolute Gasteiger partial charge is 0.282 e. The van der Waals surface area contributed by atoms with E-state index in [-0.39, 0.29) is 5.91 Å². The van der Waals surface area contributed by atoms with E-state index in [0.29, 0.717) is 13.0 Å². The summed E-state index contributed by atoms with van der Waals surface area (Å²) in [5.41, 5.74) is 2.94. The van der Waals surface area contributed by atoms with Gasteiger partial charge in [0.15, 0.2) is 5.13 Å². The molecule has 4 rings (SSSR count). The molecule has 0 radical (unpaired) electrons. The SMILES string of the molecule is Cc1cccc2sc(N(Cc3ccccn3)C(=O)CCSc3ccccc3)nc12. The first-order valence-corrected chi connectivity index (χ1v) is 11.3. The highest BCUT2D eigenvalue weighted by atomic mass is 32.2. The standard InChI is InChI=1S/C23H21N3OS2/c1-17-8-7-12-20-22(17)25-23(29-20)26(16-18-9-5-6-14-24-18)21(27)13-15-28-19-10-3-2-4-11-19/h2-12,14H,13,15-16H2,1H3. The topological polar surface area (TPSA) is 46.1 Å². The van der Waals surface area contributed by atoms with Crippen LogP contribution >= 0.6 is 23.1 Å². The summed E-state index contributed by atoms with van der Waals surface area (Å²) in [5.74, 6) is 0.793. The van der Waals surface area contributed by atoms with Gasteiger partial charge in [0.25, 0.3) is 0 Å². The van der Waals surface area contributed by atoms with Crippen LogP contribution in [0.5, 0.6) is 0 Å². The van der Waals surface area contributed by atoms with Crippen LogP contribution in [-0.2, 0) is 11.3 Å². The molecule has 2 heterocycles. The minimum atomic E-state index is 0.0655. The highest BCUT2D eigenvalue weighted by Gasteiger charge is 2.21. The van der Waals surface area contributed by atoms with Crippen molar-refractivity contribution in [2.45, 2.75) is 24.8 Å². The zero-order chi connectivity index (χ0) is 20.1. The van der Waals surface area contributed by atoms with Crippen molar-refractivity contribution in [3.05, 3.63) is 84.2 Å². The molecule has 0 fully saturated rings. The summed E-state index contributed by atoms with van der Waals surface area (Å²) < 4.78 is 1.09. The summed E-state index contributed by atoms with van der Waals surface area (Å²) in [5, 5.41) is 0.731. The number of thioether (sulfide) groups is 1. The molecular formula is C23H21N3OS2. The summed E-state index contributed by atoms with van der Waals surface area (Å²) in [6.45, 7) is 2.47. The molecule has 0 unspecified atom stereocenters. The Morgan fingerprint density at radius 2 is 1.86 bits per heavy atom. The molecular weight excluding hydrogens is 398 g/mol. The maximum absolute atomic E-state index is 13.2. The molecule has 0 saturated heterocycles. The van der Waals surface area contributed by atoms with E-state index in [0.717, 1.165) is 32.4 Å². The molecule has 146 valence electrons. The molecule has 4 aromatic rings. The molecule has 0 aliphatic carbocycles. The van der Waals surface area contributed by atoms with Gasteiger partial charge in [0.2, 0.25) is 5.91 Å². The van der Waals surface area contributed by atoms with Gasteiger partial charge in [-0.05, 0) is 42.8 Å². The van der Waals surface area contributed by atoms with Crippen LogP contribution in [0.3, 0.4) is 0 Å². The molecule has 1 amide bonds. The average molecular weight is 420 g/mol. The third kappa shape index (κ3) is 4.83. The number of carbonyl (C=O) groups is 1. The van der Waals surface area contributed by atoms with Crippen molar-refractivity contribution >= 4 is 44.4 Å². The summed E-state index contributed by atoms with van der Waals surface area (Å²) in [6, 6.07) is 22.1. The van der Waals surface area contributed by atoms with Gasteiger partial charge < -0.3 is 0 Å². The molecule has 4 nitrogen and oxygen atoms in total. The van der Waals surface area contributed by atoms with Crippen LogP contribution in [0.2, 0.25) is 0 Å². The number of nitrogens with zero attached hydrogens (tertiary/aromatic N) is 3. The number of benzene rings is 2. The first-order chi connectivity index (χ1) is 14.2. The van der Waals surface area contributed by atoms with Crippen LogP contribution in [0.1, 0.15) is 17.7 Å². The number of amides is 1. The fraction of sp³-hybridized carbons (Fsp3) is 0.174. The van der Waals surface area contributed by atoms with Crippen molar-refractivity contribution < 1.29 is 4.79 Å². The quantitative estimate of drug-likeness (QED) is 0.360. The van der Waals surface area contributed by atoms with E-state index in [1.807, 2.05) is 55.5 Å². The lowest BCUT2D eigenvalue weighted by molar-refractivity contribution is -0.118. The molecule has 2 aromatic carbocycles. The highest BCUT2D eigenvalue weighted by Crippen LogP contribution is 2.32. The molecule has 0 aliphatic rings. The fourth-order valence-corrected chi connectivity index (χ4v) is 4.94. The minimum Gasteiger partial charge on any atom is -0.282 e. The second-order valence-corrected chi connectivity index (χ2v) is 8.81. The second-order valence-electron chi connectivity index (χ2n) is 6.63. The Bertz CT molecular complexity index is 1100. The maximum atomic E-state index is 13.2. The lowest BCUT2D eigenvalue weighted by Gasteiger charge is -2.19. The van der Waals surface area contributed by atoms with Gasteiger partial charge >= 0.3 is 0 Å². The summed E-state index contributed by atoms with van der Waals surface area (Å²) in [4.78, 5) is 25.3. The number of aromatic nitrogens is 2. The number of hydrogen-bond donors (Lipinski definition) is 0. The highest BCUT2D eigenvalue weighted by molar-refractivity contribution is 7.99. The maximum Gasteiger partial charge on any atom is 0.229 e. The molecule has 2 aromatic heterocycles. The Kier molecular flexibility index (Phi) is 6.22. The monoisotopic (exact) mass is 419 g/mol. The molecule has 0 N–H and O–H groups in total. The van der Waals surface area contributed by atoms with Crippen LogP contribution in [0.4, 0.5) is 5.13 Å². The van der Waals surface area contributed by atoms with Gasteiger partial charge in [0, 0.05) is 23.3 Å². The number of thiazole rings is 1. The lowest BCUT2D eigenvalue weighted by Crippen LogP contribution is -2.30. The Balaban J connectivity index is 1.55. The van der Waals surface area contributed by atoms with E-state index in [1.54, 1.807) is 34.2 Å². The average Bonchev–Trinajstić information content (AvgIpc) is 3.19. The number of fused-ring (bicyclic) bond motifs is 1. The summed E-state index contributed by atoms with van der Waals surface area (Å²) in [7, 11) is 0. The van der Waals surface area contributed by atoms with Gasteiger partial charge in [-0.15, -0.1) is 11.8 Å². The van der Waals surface area contributed by atoms with Gasteiger partial charge in [-0.2, -0.15) is 0 Å². The van der Waals surface area contributed by atoms with E-state index >= 15 is 0 Å². The van der Waals surface area contributed by atoms with Gasteiger partial charge in [-0.1, -0.05) is 47.7 Å². The van der Waals surface area contributed by atoms with Crippen LogP contribution in [-0.4, -0.2) is 21.6 Å². The number of anilines is 1. The van der Waals surface area contributed by atoms with Crippen molar-refractivity contribution in [1.29, 1.82) is 0 Å². The third-order valence-electron chi connectivity index (χ3n) is 4.52. The van der Waals surface area contributed by atoms with E-state index in [1.165, 1.54) is 4.90 Å². The van der Waals surface area contributed by atoms with Crippen LogP contribution < -0.4 is 4.90 Å². The zero-order valence-electron chi connectivity index (χ0n) is 16.1. The Morgan fingerprint density at radius 3 is 2.62 bits per heavy atom. The number of para-hydroxylation sites is 1. The first-order valence-electron chi connectivity index (χ1n) is 9.45. The number of pyridine rings is 1. The van der Waals surface area contributed by atoms with Crippen molar-refractivity contribution in [3.63, 3.8) is 0 Å². The molecule has 0 spiro atoms. The number of carbonyl (C=O) groups excluding carboxylic acids is 1. The normalized spacial score (nSPS) is 10.9. The van der Waals surface area contributed by atoms with Gasteiger partial charge in [-0.3, -0.25) is 14.7 Å². The predicted molar refractivity (Wildman–Crippen MR) is 122 cm³/mol. The van der Waals surface area contributed by atoms with Gasteiger partial charge in [-0.25, -0.2) is 4.98 Å². The van der Waals surface area contributed by atoms with Crippen molar-refractivity contribution in [2.24, 2.45) is 0 Å². The van der Waals surface area contributed by atoms with E-state index in [9.17, 15) is 4.79 Å². The van der Waals surface area contributed by atoms with E-state index in [2.05, 4.69) is 23.2 Å². The molecule has 0 saturated carbocycles. The molecule has 29 heavy (non-hydrogen) atoms. The Hall–Kier alpha value is -2.70. The number of hydrogen-bond acceptors (Lipinski definition) is 5. The van der Waals surface area contributed by atoms with Crippen molar-refractivity contribution in [1.82, 2.24) is 9.97 Å². The zero-order valence-corrected chi connectivity index (χ0v) is 17.7. The lowest BCUT2D eigenvalue weighted by atomic mass is 10.2. The van der Waals surface area contributed by atoms with Gasteiger partial charge in [0.05, 0.1) is 22.5 Å². The molecule has 0 bridgehead atoms. The predicted octanol–water partition coefficient (Wildman–Crippen LogP) is 5.72. The number of aryl methyl sites for hydroxylation is 1. The van der Waals surface area contributed by atoms with Crippen LogP contribution in [0.15, 0.2) is 77.8 Å². The van der Waals surface area contributed by atoms with Gasteiger partial charge in [0.1, 0.15) is 0 Å². The van der Waals surface area contributed by atoms with Crippen LogP contribution in [0.25, 0.3) is 10.2 Å². The Labute approximate surface area is 178 Å². The van der Waals surface area contributed by atoms with Crippen LogP contribution in [0, 0.1) is 6.92 Å². The number of rotatable bonds is 7. The molecule has 0 aliphatic heterocycles. The fourth-order valence-electron chi connectivity index (χ4n) is 3.01. The summed E-state index contributed by atoms with van der Waals surface area (Å²) in [6.07, 6.45) is 2.20. The molecule has 0 atom stereocenters. The van der Waals surface area contributed by atoms with Crippen molar-refractivity contribution in [2.75, 3.05) is 10.7 Å². The smallest absolute Gasteiger partial charge is 0.229 e. The van der Waals surface area contributed by atoms with E-state index < -0.39 is 0 Å². The van der Waals surface area contributed by atoms with E-state index in [4.69, 9.17) is 4.98 Å². The summed E-state index contributed by atoms with van der Waals surface area (Å²) >= 11 is 3.25. The minimum absolute atomic E-state index is 0.0655. The third-order valence-corrected chi connectivity index (χ3v) is 6.57. The Morgan fingerprint density at radius 1 is 1.03 bits per heavy atom. The second kappa shape index (κ2) is 9.20.